The number of fused-ring (bicyclic) bond motifs is 2. The van der Waals surface area contributed by atoms with Gasteiger partial charge in [-0.05, 0) is 30.7 Å². The van der Waals surface area contributed by atoms with Gasteiger partial charge in [0.2, 0.25) is 5.88 Å². The van der Waals surface area contributed by atoms with Crippen molar-refractivity contribution in [2.75, 3.05) is 0 Å². The molecular formula is C18H13ClN2O2. The van der Waals surface area contributed by atoms with Crippen LogP contribution in [0, 0.1) is 6.92 Å². The molecule has 0 aliphatic carbocycles. The predicted octanol–water partition coefficient (Wildman–Crippen LogP) is 4.10. The van der Waals surface area contributed by atoms with Crippen molar-refractivity contribution in [1.82, 2.24) is 9.97 Å². The van der Waals surface area contributed by atoms with Gasteiger partial charge in [0.1, 0.15) is 11.6 Å². The topological polar surface area (TPSA) is 55.0 Å². The lowest BCUT2D eigenvalue weighted by molar-refractivity contribution is 0.438. The molecule has 1 aliphatic heterocycles. The first-order valence-electron chi connectivity index (χ1n) is 7.27. The largest absolute Gasteiger partial charge is 0.438 e. The van der Waals surface area contributed by atoms with Gasteiger partial charge < -0.3 is 9.72 Å². The molecule has 1 aliphatic rings. The molecule has 0 radical (unpaired) electrons. The van der Waals surface area contributed by atoms with Crippen LogP contribution in [0.3, 0.4) is 0 Å². The highest BCUT2D eigenvalue weighted by atomic mass is 35.5. The van der Waals surface area contributed by atoms with E-state index in [4.69, 9.17) is 16.3 Å². The second-order valence-electron chi connectivity index (χ2n) is 5.60. The van der Waals surface area contributed by atoms with Crippen LogP contribution in [0.4, 0.5) is 0 Å². The fraction of sp³-hybridized carbons (Fsp3) is 0.111. The van der Waals surface area contributed by atoms with Crippen molar-refractivity contribution in [2.45, 2.75) is 13.3 Å². The maximum Gasteiger partial charge on any atom is 0.258 e. The summed E-state index contributed by atoms with van der Waals surface area (Å²) in [5.41, 5.74) is 3.25. The Hall–Kier alpha value is -2.59. The Kier molecular flexibility index (Phi) is 3.20. The zero-order valence-electron chi connectivity index (χ0n) is 12.4. The SMILES string of the molecule is Cc1ccc2c(c1)Cc1c(nc(-c3cccc(Cl)c3)[nH]c1=O)O2. The summed E-state index contributed by atoms with van der Waals surface area (Å²) in [6.45, 7) is 2.01. The predicted molar refractivity (Wildman–Crippen MR) is 89.4 cm³/mol. The maximum absolute atomic E-state index is 12.4. The minimum Gasteiger partial charge on any atom is -0.438 e. The van der Waals surface area contributed by atoms with Crippen LogP contribution in [0.5, 0.6) is 11.6 Å². The summed E-state index contributed by atoms with van der Waals surface area (Å²) in [7, 11) is 0. The van der Waals surface area contributed by atoms with Gasteiger partial charge in [0, 0.05) is 17.0 Å². The normalized spacial score (nSPS) is 12.3. The summed E-state index contributed by atoms with van der Waals surface area (Å²) >= 11 is 6.01. The summed E-state index contributed by atoms with van der Waals surface area (Å²) < 4.78 is 5.84. The van der Waals surface area contributed by atoms with E-state index in [0.717, 1.165) is 22.4 Å². The summed E-state index contributed by atoms with van der Waals surface area (Å²) in [6.07, 6.45) is 0.518. The van der Waals surface area contributed by atoms with E-state index in [1.807, 2.05) is 37.3 Å². The number of hydrogen-bond acceptors (Lipinski definition) is 3. The van der Waals surface area contributed by atoms with Crippen LogP contribution in [0.2, 0.25) is 5.02 Å². The average Bonchev–Trinajstić information content (AvgIpc) is 2.53. The third-order valence-corrected chi connectivity index (χ3v) is 4.10. The number of nitrogens with zero attached hydrogens (tertiary/aromatic N) is 1. The van der Waals surface area contributed by atoms with E-state index in [1.165, 1.54) is 0 Å². The molecule has 1 aromatic heterocycles. The molecular weight excluding hydrogens is 312 g/mol. The smallest absolute Gasteiger partial charge is 0.258 e. The highest BCUT2D eigenvalue weighted by Crippen LogP contribution is 2.34. The fourth-order valence-corrected chi connectivity index (χ4v) is 2.92. The number of benzene rings is 2. The maximum atomic E-state index is 12.4. The van der Waals surface area contributed by atoms with Crippen LogP contribution in [0.15, 0.2) is 47.3 Å². The molecule has 0 saturated heterocycles. The Labute approximate surface area is 137 Å². The molecule has 0 spiro atoms. The Bertz CT molecular complexity index is 979. The highest BCUT2D eigenvalue weighted by molar-refractivity contribution is 6.30. The quantitative estimate of drug-likeness (QED) is 0.573. The molecule has 2 heterocycles. The first kappa shape index (κ1) is 14.0. The lowest BCUT2D eigenvalue weighted by Crippen LogP contribution is -2.20. The van der Waals surface area contributed by atoms with Gasteiger partial charge in [-0.15, -0.1) is 0 Å². The van der Waals surface area contributed by atoms with E-state index < -0.39 is 0 Å². The second-order valence-corrected chi connectivity index (χ2v) is 6.04. The van der Waals surface area contributed by atoms with Crippen molar-refractivity contribution in [2.24, 2.45) is 0 Å². The van der Waals surface area contributed by atoms with Gasteiger partial charge >= 0.3 is 0 Å². The zero-order valence-corrected chi connectivity index (χ0v) is 13.1. The summed E-state index contributed by atoms with van der Waals surface area (Å²) in [5, 5.41) is 0.588. The van der Waals surface area contributed by atoms with Gasteiger partial charge in [-0.1, -0.05) is 41.4 Å². The Balaban J connectivity index is 1.83. The summed E-state index contributed by atoms with van der Waals surface area (Å²) in [5.74, 6) is 1.56. The lowest BCUT2D eigenvalue weighted by Gasteiger charge is -2.19. The van der Waals surface area contributed by atoms with Crippen molar-refractivity contribution in [1.29, 1.82) is 0 Å². The molecule has 0 unspecified atom stereocenters. The molecule has 0 atom stereocenters. The zero-order chi connectivity index (χ0) is 16.0. The van der Waals surface area contributed by atoms with Gasteiger partial charge in [-0.25, -0.2) is 0 Å². The molecule has 23 heavy (non-hydrogen) atoms. The third kappa shape index (κ3) is 2.51. The molecule has 0 bridgehead atoms. The summed E-state index contributed by atoms with van der Waals surface area (Å²) in [6, 6.07) is 13.1. The number of rotatable bonds is 1. The van der Waals surface area contributed by atoms with Crippen molar-refractivity contribution < 1.29 is 4.74 Å². The number of aromatic nitrogens is 2. The molecule has 5 heteroatoms. The Morgan fingerprint density at radius 2 is 2.09 bits per heavy atom. The van der Waals surface area contributed by atoms with Crippen LogP contribution in [-0.2, 0) is 6.42 Å². The van der Waals surface area contributed by atoms with E-state index in [1.54, 1.807) is 12.1 Å². The molecule has 0 amide bonds. The molecule has 4 nitrogen and oxygen atoms in total. The van der Waals surface area contributed by atoms with Crippen molar-refractivity contribution in [3.8, 4) is 23.0 Å². The van der Waals surface area contributed by atoms with Crippen LogP contribution in [0.1, 0.15) is 16.7 Å². The Morgan fingerprint density at radius 3 is 2.91 bits per heavy atom. The van der Waals surface area contributed by atoms with E-state index in [-0.39, 0.29) is 5.56 Å². The molecule has 4 rings (SSSR count). The Morgan fingerprint density at radius 1 is 1.22 bits per heavy atom. The summed E-state index contributed by atoms with van der Waals surface area (Å²) in [4.78, 5) is 19.7. The van der Waals surface area contributed by atoms with E-state index in [2.05, 4.69) is 9.97 Å². The van der Waals surface area contributed by atoms with Gasteiger partial charge in [-0.2, -0.15) is 4.98 Å². The van der Waals surface area contributed by atoms with Crippen LogP contribution in [-0.4, -0.2) is 9.97 Å². The molecule has 0 fully saturated rings. The van der Waals surface area contributed by atoms with Gasteiger partial charge in [-0.3, -0.25) is 4.79 Å². The minimum atomic E-state index is -0.183. The number of H-pyrrole nitrogens is 1. The molecule has 1 N–H and O–H groups in total. The van der Waals surface area contributed by atoms with E-state index in [9.17, 15) is 4.79 Å². The first-order chi connectivity index (χ1) is 11.1. The number of aryl methyl sites for hydroxylation is 1. The van der Waals surface area contributed by atoms with Crippen molar-refractivity contribution >= 4 is 11.6 Å². The molecule has 2 aromatic carbocycles. The van der Waals surface area contributed by atoms with Crippen LogP contribution in [0.25, 0.3) is 11.4 Å². The van der Waals surface area contributed by atoms with Crippen LogP contribution < -0.4 is 10.3 Å². The second kappa shape index (κ2) is 5.25. The number of aromatic amines is 1. The number of halogens is 1. The van der Waals surface area contributed by atoms with E-state index in [0.29, 0.717) is 28.7 Å². The number of hydrogen-bond donors (Lipinski definition) is 1. The lowest BCUT2D eigenvalue weighted by atomic mass is 10.0. The van der Waals surface area contributed by atoms with E-state index >= 15 is 0 Å². The minimum absolute atomic E-state index is 0.183. The molecule has 114 valence electrons. The average molecular weight is 325 g/mol. The third-order valence-electron chi connectivity index (χ3n) is 3.87. The monoisotopic (exact) mass is 324 g/mol. The van der Waals surface area contributed by atoms with Gasteiger partial charge in [0.05, 0.1) is 5.56 Å². The standard InChI is InChI=1S/C18H13ClN2O2/c1-10-5-6-15-12(7-10)9-14-17(22)20-16(21-18(14)23-15)11-3-2-4-13(19)8-11/h2-8H,9H2,1H3,(H,20,21,22). The van der Waals surface area contributed by atoms with Crippen molar-refractivity contribution in [3.63, 3.8) is 0 Å². The van der Waals surface area contributed by atoms with Gasteiger partial charge in [0.25, 0.3) is 5.56 Å². The molecule has 0 saturated carbocycles. The fourth-order valence-electron chi connectivity index (χ4n) is 2.73. The van der Waals surface area contributed by atoms with Crippen molar-refractivity contribution in [3.05, 3.63) is 74.5 Å². The van der Waals surface area contributed by atoms with Crippen LogP contribution >= 0.6 is 11.6 Å². The van der Waals surface area contributed by atoms with Gasteiger partial charge in [0.15, 0.2) is 0 Å². The molecule has 3 aromatic rings. The number of ether oxygens (including phenoxy) is 1. The number of nitrogens with one attached hydrogen (secondary N) is 1. The highest BCUT2D eigenvalue weighted by Gasteiger charge is 2.22. The first-order valence-corrected chi connectivity index (χ1v) is 7.64.